The summed E-state index contributed by atoms with van der Waals surface area (Å²) in [6.07, 6.45) is 3.43. The van der Waals surface area contributed by atoms with Gasteiger partial charge < -0.3 is 14.6 Å². The minimum absolute atomic E-state index is 0.156. The zero-order valence-corrected chi connectivity index (χ0v) is 20.4. The minimum Gasteiger partial charge on any atom is -0.464 e. The SMILES string of the molecule is Cc1nc(C(=O)N2CCC[C@H](C)[C@@H]2CNC(=O)c2cccc3occc23)c(-c2ccc(F)cc2)s1. The average Bonchev–Trinajstić information content (AvgIpc) is 3.49. The largest absolute Gasteiger partial charge is 0.464 e. The predicted octanol–water partition coefficient (Wildman–Crippen LogP) is 5.67. The molecule has 8 heteroatoms. The lowest BCUT2D eigenvalue weighted by Crippen LogP contribution is -2.53. The lowest BCUT2D eigenvalue weighted by atomic mass is 9.90. The van der Waals surface area contributed by atoms with E-state index in [9.17, 15) is 14.0 Å². The first-order chi connectivity index (χ1) is 16.9. The molecule has 2 atom stereocenters. The Morgan fingerprint density at radius 2 is 2.00 bits per heavy atom. The summed E-state index contributed by atoms with van der Waals surface area (Å²) in [7, 11) is 0. The molecule has 0 saturated carbocycles. The Kier molecular flexibility index (Phi) is 6.38. The van der Waals surface area contributed by atoms with Crippen LogP contribution in [0.15, 0.2) is 59.2 Å². The molecular formula is C27H26FN3O3S. The second-order valence-electron chi connectivity index (χ2n) is 8.95. The van der Waals surface area contributed by atoms with Crippen molar-refractivity contribution in [3.05, 3.63) is 76.9 Å². The van der Waals surface area contributed by atoms with E-state index >= 15 is 0 Å². The first-order valence-corrected chi connectivity index (χ1v) is 12.5. The summed E-state index contributed by atoms with van der Waals surface area (Å²) in [5.74, 6) is -0.462. The third-order valence-electron chi connectivity index (χ3n) is 6.63. The van der Waals surface area contributed by atoms with Gasteiger partial charge >= 0.3 is 0 Å². The maximum Gasteiger partial charge on any atom is 0.274 e. The number of fused-ring (bicyclic) bond motifs is 1. The Hall–Kier alpha value is -3.52. The molecule has 0 unspecified atom stereocenters. The van der Waals surface area contributed by atoms with Crippen molar-refractivity contribution < 1.29 is 18.4 Å². The molecule has 6 nitrogen and oxygen atoms in total. The Labute approximate surface area is 206 Å². The van der Waals surface area contributed by atoms with E-state index in [4.69, 9.17) is 4.42 Å². The summed E-state index contributed by atoms with van der Waals surface area (Å²) < 4.78 is 18.9. The molecule has 35 heavy (non-hydrogen) atoms. The second kappa shape index (κ2) is 9.62. The number of piperidine rings is 1. The molecule has 1 saturated heterocycles. The molecule has 5 rings (SSSR count). The van der Waals surface area contributed by atoms with Gasteiger partial charge in [-0.3, -0.25) is 9.59 Å². The molecule has 4 aromatic rings. The van der Waals surface area contributed by atoms with Gasteiger partial charge in [-0.25, -0.2) is 9.37 Å². The number of nitrogens with one attached hydrogen (secondary N) is 1. The molecule has 0 spiro atoms. The molecule has 1 fully saturated rings. The minimum atomic E-state index is -0.324. The van der Waals surface area contributed by atoms with Crippen LogP contribution in [-0.2, 0) is 0 Å². The Balaban J connectivity index is 1.38. The normalized spacial score (nSPS) is 18.1. The van der Waals surface area contributed by atoms with Gasteiger partial charge in [0.25, 0.3) is 11.8 Å². The van der Waals surface area contributed by atoms with Crippen molar-refractivity contribution in [3.63, 3.8) is 0 Å². The maximum atomic E-state index is 13.8. The van der Waals surface area contributed by atoms with E-state index in [2.05, 4.69) is 17.2 Å². The second-order valence-corrected chi connectivity index (χ2v) is 10.2. The highest BCUT2D eigenvalue weighted by Crippen LogP contribution is 2.33. The summed E-state index contributed by atoms with van der Waals surface area (Å²) in [6, 6.07) is 13.1. The first-order valence-electron chi connectivity index (χ1n) is 11.7. The van der Waals surface area contributed by atoms with Crippen molar-refractivity contribution in [1.29, 1.82) is 0 Å². The van der Waals surface area contributed by atoms with E-state index < -0.39 is 0 Å². The number of halogens is 1. The highest BCUT2D eigenvalue weighted by Gasteiger charge is 2.35. The van der Waals surface area contributed by atoms with Gasteiger partial charge in [-0.1, -0.05) is 25.1 Å². The lowest BCUT2D eigenvalue weighted by molar-refractivity contribution is 0.0503. The third-order valence-corrected chi connectivity index (χ3v) is 7.65. The lowest BCUT2D eigenvalue weighted by Gasteiger charge is -2.40. The Morgan fingerprint density at radius 3 is 2.80 bits per heavy atom. The summed E-state index contributed by atoms with van der Waals surface area (Å²) >= 11 is 1.43. The van der Waals surface area contributed by atoms with Crippen LogP contribution in [0.4, 0.5) is 4.39 Å². The summed E-state index contributed by atoms with van der Waals surface area (Å²) in [6.45, 7) is 4.91. The molecule has 1 aliphatic rings. The van der Waals surface area contributed by atoms with Crippen LogP contribution in [0.3, 0.4) is 0 Å². The number of aromatic nitrogens is 1. The van der Waals surface area contributed by atoms with Crippen LogP contribution in [0.5, 0.6) is 0 Å². The topological polar surface area (TPSA) is 75.4 Å². The zero-order chi connectivity index (χ0) is 24.5. The molecule has 0 bridgehead atoms. The van der Waals surface area contributed by atoms with E-state index in [0.29, 0.717) is 29.9 Å². The molecule has 1 aliphatic heterocycles. The number of hydrogen-bond acceptors (Lipinski definition) is 5. The number of nitrogens with zero attached hydrogens (tertiary/aromatic N) is 2. The standard InChI is InChI=1S/C27H26FN3O3S/c1-16-5-4-13-31(22(16)15-29-26(32)21-6-3-7-23-20(21)12-14-34-23)27(33)24-25(35-17(2)30-24)18-8-10-19(28)11-9-18/h3,6-12,14,16,22H,4-5,13,15H2,1-2H3,(H,29,32)/t16-,22-/m0/s1. The van der Waals surface area contributed by atoms with E-state index in [0.717, 1.165) is 33.7 Å². The van der Waals surface area contributed by atoms with Gasteiger partial charge in [-0.15, -0.1) is 11.3 Å². The average molecular weight is 492 g/mol. The van der Waals surface area contributed by atoms with Crippen LogP contribution < -0.4 is 5.32 Å². The van der Waals surface area contributed by atoms with Crippen LogP contribution in [0, 0.1) is 18.7 Å². The van der Waals surface area contributed by atoms with Crippen LogP contribution in [0.1, 0.15) is 45.6 Å². The summed E-state index contributed by atoms with van der Waals surface area (Å²) in [5.41, 5.74) is 2.36. The van der Waals surface area contributed by atoms with Gasteiger partial charge in [0.05, 0.1) is 27.8 Å². The molecule has 1 N–H and O–H groups in total. The number of thiazole rings is 1. The predicted molar refractivity (Wildman–Crippen MR) is 134 cm³/mol. The fraction of sp³-hybridized carbons (Fsp3) is 0.296. The van der Waals surface area contributed by atoms with Gasteiger partial charge in [0.1, 0.15) is 17.1 Å². The number of carbonyl (C=O) groups is 2. The molecular weight excluding hydrogens is 465 g/mol. The van der Waals surface area contributed by atoms with E-state index in [1.54, 1.807) is 36.6 Å². The van der Waals surface area contributed by atoms with Crippen molar-refractivity contribution in [2.75, 3.05) is 13.1 Å². The Morgan fingerprint density at radius 1 is 1.20 bits per heavy atom. The van der Waals surface area contributed by atoms with Crippen LogP contribution in [0.2, 0.25) is 0 Å². The number of likely N-dealkylation sites (tertiary alicyclic amines) is 1. The molecule has 0 aliphatic carbocycles. The number of hydrogen-bond donors (Lipinski definition) is 1. The fourth-order valence-electron chi connectivity index (χ4n) is 4.80. The van der Waals surface area contributed by atoms with E-state index in [1.165, 1.54) is 23.5 Å². The number of amides is 2. The van der Waals surface area contributed by atoms with Crippen molar-refractivity contribution in [2.45, 2.75) is 32.7 Å². The van der Waals surface area contributed by atoms with Gasteiger partial charge in [-0.2, -0.15) is 0 Å². The molecule has 2 aromatic carbocycles. The monoisotopic (exact) mass is 491 g/mol. The van der Waals surface area contributed by atoms with Gasteiger partial charge in [0, 0.05) is 18.5 Å². The van der Waals surface area contributed by atoms with E-state index in [1.807, 2.05) is 17.9 Å². The number of carbonyl (C=O) groups excluding carboxylic acids is 2. The number of rotatable bonds is 5. The Bertz CT molecular complexity index is 1380. The van der Waals surface area contributed by atoms with Crippen molar-refractivity contribution in [3.8, 4) is 10.4 Å². The van der Waals surface area contributed by atoms with Gasteiger partial charge in [0.2, 0.25) is 0 Å². The molecule has 3 heterocycles. The van der Waals surface area contributed by atoms with Crippen molar-refractivity contribution in [2.24, 2.45) is 5.92 Å². The van der Waals surface area contributed by atoms with Crippen LogP contribution in [-0.4, -0.2) is 40.8 Å². The fourth-order valence-corrected chi connectivity index (χ4v) is 5.72. The zero-order valence-electron chi connectivity index (χ0n) is 19.6. The smallest absolute Gasteiger partial charge is 0.274 e. The van der Waals surface area contributed by atoms with Gasteiger partial charge in [-0.05, 0) is 61.6 Å². The number of furan rings is 1. The molecule has 0 radical (unpaired) electrons. The first kappa shape index (κ1) is 23.2. The highest BCUT2D eigenvalue weighted by molar-refractivity contribution is 7.15. The summed E-state index contributed by atoms with van der Waals surface area (Å²) in [5, 5.41) is 4.58. The third kappa shape index (κ3) is 4.58. The van der Waals surface area contributed by atoms with Crippen LogP contribution in [0.25, 0.3) is 21.4 Å². The molecule has 2 aromatic heterocycles. The highest BCUT2D eigenvalue weighted by atomic mass is 32.1. The molecule has 180 valence electrons. The van der Waals surface area contributed by atoms with Crippen molar-refractivity contribution in [1.82, 2.24) is 15.2 Å². The quantitative estimate of drug-likeness (QED) is 0.390. The van der Waals surface area contributed by atoms with Crippen LogP contribution >= 0.6 is 11.3 Å². The van der Waals surface area contributed by atoms with Crippen molar-refractivity contribution >= 4 is 34.1 Å². The molecule has 2 amide bonds. The number of benzene rings is 2. The van der Waals surface area contributed by atoms with E-state index in [-0.39, 0.29) is 29.6 Å². The van der Waals surface area contributed by atoms with Gasteiger partial charge in [0.15, 0.2) is 0 Å². The maximum absolute atomic E-state index is 13.8. The number of aryl methyl sites for hydroxylation is 1. The summed E-state index contributed by atoms with van der Waals surface area (Å²) in [4.78, 5) is 33.9.